The van der Waals surface area contributed by atoms with Gasteiger partial charge in [-0.25, -0.2) is 0 Å². The first-order chi connectivity index (χ1) is 8.88. The number of hydrogen-bond donors (Lipinski definition) is 2. The minimum absolute atomic E-state index is 0. The van der Waals surface area contributed by atoms with Crippen molar-refractivity contribution in [1.29, 1.82) is 0 Å². The smallest absolute Gasteiger partial charge is 0.303 e. The Kier molecular flexibility index (Phi) is 13.2. The fourth-order valence-electron chi connectivity index (χ4n) is 2.47. The van der Waals surface area contributed by atoms with Crippen molar-refractivity contribution in [3.05, 3.63) is 0 Å². The van der Waals surface area contributed by atoms with E-state index in [-0.39, 0.29) is 23.4 Å². The Bertz CT molecular complexity index is 236. The lowest BCUT2D eigenvalue weighted by Crippen LogP contribution is -2.41. The van der Waals surface area contributed by atoms with Crippen LogP contribution in [0.3, 0.4) is 0 Å². The van der Waals surface area contributed by atoms with Crippen LogP contribution in [0.25, 0.3) is 0 Å². The minimum atomic E-state index is -0.733. The molecule has 0 aliphatic heterocycles. The Hall–Kier alpha value is -0.610. The van der Waals surface area contributed by atoms with Crippen molar-refractivity contribution in [2.75, 3.05) is 0 Å². The highest BCUT2D eigenvalue weighted by atomic mass is 16.4. The van der Waals surface area contributed by atoms with Crippen molar-refractivity contribution in [1.82, 2.24) is 0 Å². The number of rotatable bonds is 12. The number of hydrogen-bond acceptors (Lipinski definition) is 2. The Morgan fingerprint density at radius 1 is 1.05 bits per heavy atom. The molecule has 0 saturated heterocycles. The van der Waals surface area contributed by atoms with Crippen LogP contribution in [0.1, 0.15) is 85.0 Å². The van der Waals surface area contributed by atoms with Gasteiger partial charge in [0.05, 0.1) is 0 Å². The van der Waals surface area contributed by atoms with Gasteiger partial charge in [-0.1, -0.05) is 58.3 Å². The summed E-state index contributed by atoms with van der Waals surface area (Å²) < 4.78 is 0. The topological polar surface area (TPSA) is 94.8 Å². The Balaban J connectivity index is 0. The molecule has 0 spiro atoms. The molecule has 0 rings (SSSR count). The highest BCUT2D eigenvalue weighted by Gasteiger charge is 2.26. The first-order valence-corrected chi connectivity index (χ1v) is 7.88. The normalized spacial score (nSPS) is 12.8. The molecule has 0 heterocycles. The van der Waals surface area contributed by atoms with Gasteiger partial charge in [0.2, 0.25) is 0 Å². The lowest BCUT2D eigenvalue weighted by molar-refractivity contribution is -0.138. The highest BCUT2D eigenvalue weighted by molar-refractivity contribution is 5.67. The SMILES string of the molecule is CCCCCCCCCCC(CC(=O)O)C(C)(C)N.O. The zero-order chi connectivity index (χ0) is 14.7. The number of carboxylic acid groups (broad SMARTS) is 1. The van der Waals surface area contributed by atoms with Crippen LogP contribution in [0.15, 0.2) is 0 Å². The molecule has 4 heteroatoms. The first kappa shape index (κ1) is 21.7. The van der Waals surface area contributed by atoms with E-state index in [2.05, 4.69) is 6.92 Å². The zero-order valence-corrected chi connectivity index (χ0v) is 13.6. The molecule has 0 aromatic heterocycles. The number of aliphatic carboxylic acids is 1. The third-order valence-electron chi connectivity index (χ3n) is 3.88. The van der Waals surface area contributed by atoms with Crippen molar-refractivity contribution < 1.29 is 15.4 Å². The van der Waals surface area contributed by atoms with E-state index >= 15 is 0 Å². The van der Waals surface area contributed by atoms with Gasteiger partial charge in [-0.3, -0.25) is 4.79 Å². The second-order valence-corrected chi connectivity index (χ2v) is 6.38. The van der Waals surface area contributed by atoms with Crippen LogP contribution in [0.4, 0.5) is 0 Å². The molecule has 0 bridgehead atoms. The third-order valence-corrected chi connectivity index (χ3v) is 3.88. The number of carbonyl (C=O) groups is 1. The Morgan fingerprint density at radius 2 is 1.50 bits per heavy atom. The fourth-order valence-corrected chi connectivity index (χ4v) is 2.47. The maximum atomic E-state index is 10.8. The van der Waals surface area contributed by atoms with Crippen LogP contribution in [0, 0.1) is 5.92 Å². The summed E-state index contributed by atoms with van der Waals surface area (Å²) in [7, 11) is 0. The number of carboxylic acids is 1. The van der Waals surface area contributed by atoms with E-state index in [1.54, 1.807) is 0 Å². The van der Waals surface area contributed by atoms with Gasteiger partial charge in [0.25, 0.3) is 0 Å². The maximum absolute atomic E-state index is 10.8. The lowest BCUT2D eigenvalue weighted by Gasteiger charge is -2.29. The van der Waals surface area contributed by atoms with Crippen molar-refractivity contribution in [3.63, 3.8) is 0 Å². The molecule has 122 valence electrons. The van der Waals surface area contributed by atoms with Gasteiger partial charge in [0.1, 0.15) is 0 Å². The predicted molar refractivity (Wildman–Crippen MR) is 84.9 cm³/mol. The maximum Gasteiger partial charge on any atom is 0.303 e. The van der Waals surface area contributed by atoms with Crippen LogP contribution >= 0.6 is 0 Å². The van der Waals surface area contributed by atoms with Crippen LogP contribution in [-0.2, 0) is 4.79 Å². The van der Waals surface area contributed by atoms with E-state index in [1.165, 1.54) is 44.9 Å². The summed E-state index contributed by atoms with van der Waals surface area (Å²) >= 11 is 0. The van der Waals surface area contributed by atoms with E-state index in [0.29, 0.717) is 0 Å². The molecule has 20 heavy (non-hydrogen) atoms. The average molecular weight is 289 g/mol. The standard InChI is InChI=1S/C16H33NO2.H2O/c1-4-5-6-7-8-9-10-11-12-14(13-15(18)19)16(2,3)17;/h14H,4-13,17H2,1-3H3,(H,18,19);1H2. The Morgan fingerprint density at radius 3 is 1.90 bits per heavy atom. The molecule has 0 aromatic rings. The molecule has 0 aliphatic rings. The molecule has 4 nitrogen and oxygen atoms in total. The summed E-state index contributed by atoms with van der Waals surface area (Å²) in [5.74, 6) is -0.645. The molecular weight excluding hydrogens is 254 g/mol. The van der Waals surface area contributed by atoms with E-state index < -0.39 is 5.97 Å². The van der Waals surface area contributed by atoms with E-state index in [9.17, 15) is 4.79 Å². The molecule has 0 fully saturated rings. The zero-order valence-electron chi connectivity index (χ0n) is 13.6. The van der Waals surface area contributed by atoms with Gasteiger partial charge >= 0.3 is 5.97 Å². The molecule has 5 N–H and O–H groups in total. The van der Waals surface area contributed by atoms with Gasteiger partial charge < -0.3 is 16.3 Å². The highest BCUT2D eigenvalue weighted by Crippen LogP contribution is 2.24. The average Bonchev–Trinajstić information content (AvgIpc) is 2.29. The minimum Gasteiger partial charge on any atom is -0.481 e. The number of unbranched alkanes of at least 4 members (excludes halogenated alkanes) is 7. The van der Waals surface area contributed by atoms with Gasteiger partial charge in [-0.15, -0.1) is 0 Å². The number of nitrogens with two attached hydrogens (primary N) is 1. The van der Waals surface area contributed by atoms with Crippen LogP contribution in [-0.4, -0.2) is 22.1 Å². The Labute approximate surface area is 124 Å². The summed E-state index contributed by atoms with van der Waals surface area (Å²) in [6.07, 6.45) is 11.4. The molecule has 0 amide bonds. The molecule has 1 unspecified atom stereocenters. The molecule has 0 saturated carbocycles. The lowest BCUT2D eigenvalue weighted by atomic mass is 9.82. The monoisotopic (exact) mass is 289 g/mol. The van der Waals surface area contributed by atoms with Gasteiger partial charge in [0.15, 0.2) is 0 Å². The first-order valence-electron chi connectivity index (χ1n) is 7.88. The van der Waals surface area contributed by atoms with Gasteiger partial charge in [-0.05, 0) is 26.2 Å². The largest absolute Gasteiger partial charge is 0.481 e. The second kappa shape index (κ2) is 12.2. The van der Waals surface area contributed by atoms with Crippen LogP contribution in [0.5, 0.6) is 0 Å². The van der Waals surface area contributed by atoms with Crippen molar-refractivity contribution in [2.45, 2.75) is 90.5 Å². The second-order valence-electron chi connectivity index (χ2n) is 6.38. The van der Waals surface area contributed by atoms with Crippen LogP contribution < -0.4 is 5.73 Å². The van der Waals surface area contributed by atoms with Gasteiger partial charge in [0, 0.05) is 12.0 Å². The quantitative estimate of drug-likeness (QED) is 0.538. The summed E-state index contributed by atoms with van der Waals surface area (Å²) in [4.78, 5) is 10.8. The molecule has 0 radical (unpaired) electrons. The van der Waals surface area contributed by atoms with E-state index in [0.717, 1.165) is 12.8 Å². The third kappa shape index (κ3) is 12.4. The molecule has 0 aromatic carbocycles. The fraction of sp³-hybridized carbons (Fsp3) is 0.938. The summed E-state index contributed by atoms with van der Waals surface area (Å²) in [6.45, 7) is 6.11. The summed E-state index contributed by atoms with van der Waals surface area (Å²) in [5.41, 5.74) is 5.67. The van der Waals surface area contributed by atoms with Crippen molar-refractivity contribution in [3.8, 4) is 0 Å². The molecule has 0 aliphatic carbocycles. The van der Waals surface area contributed by atoms with Crippen molar-refractivity contribution in [2.24, 2.45) is 11.7 Å². The summed E-state index contributed by atoms with van der Waals surface area (Å²) in [5, 5.41) is 8.91. The summed E-state index contributed by atoms with van der Waals surface area (Å²) in [6, 6.07) is 0. The van der Waals surface area contributed by atoms with E-state index in [4.69, 9.17) is 10.8 Å². The van der Waals surface area contributed by atoms with Crippen LogP contribution in [0.2, 0.25) is 0 Å². The molecular formula is C16H35NO3. The van der Waals surface area contributed by atoms with Crippen molar-refractivity contribution >= 4 is 5.97 Å². The van der Waals surface area contributed by atoms with E-state index in [1.807, 2.05) is 13.8 Å². The predicted octanol–water partition coefficient (Wildman–Crippen LogP) is 3.52. The van der Waals surface area contributed by atoms with Gasteiger partial charge in [-0.2, -0.15) is 0 Å². The molecule has 1 atom stereocenters.